The molecule has 1 aromatic carbocycles. The average molecular weight is 388 g/mol. The number of nitrogens with zero attached hydrogens (tertiary/aromatic N) is 1. The molecule has 0 saturated carbocycles. The zero-order valence-electron chi connectivity index (χ0n) is 10.5. The number of carbonyl (C=O) groups excluding carboxylic acids is 1. The molecule has 0 aliphatic carbocycles. The molecule has 1 amide bonds. The van der Waals surface area contributed by atoms with Crippen molar-refractivity contribution < 1.29 is 4.79 Å². The lowest BCUT2D eigenvalue weighted by Crippen LogP contribution is -2.48. The van der Waals surface area contributed by atoms with Crippen molar-refractivity contribution in [2.24, 2.45) is 5.92 Å². The lowest BCUT2D eigenvalue weighted by molar-refractivity contribution is 0.0574. The van der Waals surface area contributed by atoms with Crippen molar-refractivity contribution in [3.63, 3.8) is 0 Å². The topological polar surface area (TPSA) is 32.3 Å². The van der Waals surface area contributed by atoms with Crippen LogP contribution >= 0.6 is 31.9 Å². The van der Waals surface area contributed by atoms with Crippen LogP contribution in [-0.4, -0.2) is 36.5 Å². The molecule has 102 valence electrons. The van der Waals surface area contributed by atoms with Crippen molar-refractivity contribution in [2.45, 2.75) is 18.9 Å². The van der Waals surface area contributed by atoms with Gasteiger partial charge < -0.3 is 10.2 Å². The van der Waals surface area contributed by atoms with E-state index >= 15 is 0 Å². The Kier molecular flexibility index (Phi) is 3.96. The number of carbonyl (C=O) groups is 1. The molecular formula is C14H16Br2N2O. The first-order valence-corrected chi connectivity index (χ1v) is 8.22. The minimum Gasteiger partial charge on any atom is -0.334 e. The highest BCUT2D eigenvalue weighted by Gasteiger charge is 2.37. The van der Waals surface area contributed by atoms with E-state index in [4.69, 9.17) is 0 Å². The van der Waals surface area contributed by atoms with Crippen LogP contribution in [0, 0.1) is 5.92 Å². The molecule has 2 heterocycles. The summed E-state index contributed by atoms with van der Waals surface area (Å²) >= 11 is 6.92. The molecule has 3 nitrogen and oxygen atoms in total. The van der Waals surface area contributed by atoms with Crippen molar-refractivity contribution >= 4 is 37.8 Å². The smallest absolute Gasteiger partial charge is 0.255 e. The van der Waals surface area contributed by atoms with Crippen LogP contribution in [0.25, 0.3) is 0 Å². The van der Waals surface area contributed by atoms with Crippen LogP contribution < -0.4 is 5.32 Å². The van der Waals surface area contributed by atoms with Crippen molar-refractivity contribution in [1.29, 1.82) is 0 Å². The number of nitrogens with one attached hydrogen (secondary N) is 1. The zero-order chi connectivity index (χ0) is 13.4. The zero-order valence-corrected chi connectivity index (χ0v) is 13.7. The molecule has 2 aliphatic rings. The van der Waals surface area contributed by atoms with Crippen LogP contribution in [-0.2, 0) is 0 Å². The van der Waals surface area contributed by atoms with E-state index in [1.165, 1.54) is 6.42 Å². The third kappa shape index (κ3) is 2.60. The predicted octanol–water partition coefficient (Wildman–Crippen LogP) is 3.04. The van der Waals surface area contributed by atoms with Gasteiger partial charge in [-0.05, 0) is 52.9 Å². The van der Waals surface area contributed by atoms with Crippen LogP contribution in [0.15, 0.2) is 27.1 Å². The van der Waals surface area contributed by atoms with Gasteiger partial charge in [-0.3, -0.25) is 4.79 Å². The van der Waals surface area contributed by atoms with Gasteiger partial charge in [0.2, 0.25) is 0 Å². The largest absolute Gasteiger partial charge is 0.334 e. The summed E-state index contributed by atoms with van der Waals surface area (Å²) in [6.45, 7) is 2.87. The highest BCUT2D eigenvalue weighted by molar-refractivity contribution is 9.11. The summed E-state index contributed by atoms with van der Waals surface area (Å²) < 4.78 is 1.84. The minimum absolute atomic E-state index is 0.151. The lowest BCUT2D eigenvalue weighted by Gasteiger charge is -2.37. The second kappa shape index (κ2) is 5.54. The van der Waals surface area contributed by atoms with E-state index in [0.717, 1.165) is 40.6 Å². The van der Waals surface area contributed by atoms with Crippen LogP contribution in [0.1, 0.15) is 23.2 Å². The van der Waals surface area contributed by atoms with E-state index in [0.29, 0.717) is 12.0 Å². The molecule has 2 saturated heterocycles. The highest BCUT2D eigenvalue weighted by atomic mass is 79.9. The molecule has 2 fully saturated rings. The number of likely N-dealkylation sites (tertiary alicyclic amines) is 1. The molecule has 5 heteroatoms. The number of piperidine rings is 1. The van der Waals surface area contributed by atoms with Gasteiger partial charge >= 0.3 is 0 Å². The van der Waals surface area contributed by atoms with Crippen LogP contribution in [0.4, 0.5) is 0 Å². The third-order valence-electron chi connectivity index (χ3n) is 4.10. The molecule has 3 rings (SSSR count). The van der Waals surface area contributed by atoms with E-state index in [1.54, 1.807) is 0 Å². The minimum atomic E-state index is 0.151. The molecular weight excluding hydrogens is 372 g/mol. The Labute approximate surface area is 130 Å². The van der Waals surface area contributed by atoms with Gasteiger partial charge in [0.05, 0.1) is 5.56 Å². The van der Waals surface area contributed by atoms with Crippen molar-refractivity contribution in [3.8, 4) is 0 Å². The number of halogens is 2. The first kappa shape index (κ1) is 13.6. The summed E-state index contributed by atoms with van der Waals surface area (Å²) in [4.78, 5) is 14.8. The van der Waals surface area contributed by atoms with Crippen LogP contribution in [0.5, 0.6) is 0 Å². The Morgan fingerprint density at radius 1 is 1.32 bits per heavy atom. The molecule has 2 aliphatic heterocycles. The van der Waals surface area contributed by atoms with E-state index in [9.17, 15) is 4.79 Å². The fourth-order valence-corrected chi connectivity index (χ4v) is 4.35. The van der Waals surface area contributed by atoms with Crippen LogP contribution in [0.2, 0.25) is 0 Å². The Balaban J connectivity index is 1.86. The van der Waals surface area contributed by atoms with Gasteiger partial charge in [-0.2, -0.15) is 0 Å². The summed E-state index contributed by atoms with van der Waals surface area (Å²) in [5.74, 6) is 0.782. The Hall–Kier alpha value is -0.390. The molecule has 19 heavy (non-hydrogen) atoms. The van der Waals surface area contributed by atoms with E-state index in [-0.39, 0.29) is 5.91 Å². The lowest BCUT2D eigenvalue weighted by atomic mass is 9.91. The molecule has 0 bridgehead atoms. The normalized spacial score (nSPS) is 26.3. The second-order valence-electron chi connectivity index (χ2n) is 5.25. The first-order valence-electron chi connectivity index (χ1n) is 6.63. The fourth-order valence-electron chi connectivity index (χ4n) is 3.14. The summed E-state index contributed by atoms with van der Waals surface area (Å²) in [6, 6.07) is 6.12. The molecule has 1 N–H and O–H groups in total. The van der Waals surface area contributed by atoms with Crippen LogP contribution in [0.3, 0.4) is 0 Å². The second-order valence-corrected chi connectivity index (χ2v) is 7.02. The number of amides is 1. The van der Waals surface area contributed by atoms with Gasteiger partial charge in [0, 0.05) is 34.6 Å². The average Bonchev–Trinajstić information content (AvgIpc) is 2.86. The number of rotatable bonds is 1. The SMILES string of the molecule is O=C(c1ccc(Br)cc1Br)N1CCCC2CNCC21. The summed E-state index contributed by atoms with van der Waals surface area (Å²) in [5.41, 5.74) is 0.760. The van der Waals surface area contributed by atoms with Gasteiger partial charge in [0.25, 0.3) is 5.91 Å². The molecule has 2 atom stereocenters. The molecule has 0 radical (unpaired) electrons. The van der Waals surface area contributed by atoms with Gasteiger partial charge in [-0.1, -0.05) is 15.9 Å². The van der Waals surface area contributed by atoms with Crippen molar-refractivity contribution in [2.75, 3.05) is 19.6 Å². The molecule has 0 aromatic heterocycles. The molecule has 2 unspecified atom stereocenters. The first-order chi connectivity index (χ1) is 9.16. The number of hydrogen-bond acceptors (Lipinski definition) is 2. The van der Waals surface area contributed by atoms with Gasteiger partial charge in [-0.15, -0.1) is 0 Å². The fraction of sp³-hybridized carbons (Fsp3) is 0.500. The van der Waals surface area contributed by atoms with Gasteiger partial charge in [-0.25, -0.2) is 0 Å². The monoisotopic (exact) mass is 386 g/mol. The summed E-state index contributed by atoms with van der Waals surface area (Å²) in [7, 11) is 0. The Morgan fingerprint density at radius 3 is 2.95 bits per heavy atom. The summed E-state index contributed by atoms with van der Waals surface area (Å²) in [6.07, 6.45) is 2.35. The Bertz CT molecular complexity index is 506. The third-order valence-corrected chi connectivity index (χ3v) is 5.25. The summed E-state index contributed by atoms with van der Waals surface area (Å²) in [5, 5.41) is 3.41. The highest BCUT2D eigenvalue weighted by Crippen LogP contribution is 2.30. The quantitative estimate of drug-likeness (QED) is 0.803. The predicted molar refractivity (Wildman–Crippen MR) is 82.3 cm³/mol. The maximum atomic E-state index is 12.7. The number of benzene rings is 1. The van der Waals surface area contributed by atoms with Crippen molar-refractivity contribution in [1.82, 2.24) is 10.2 Å². The van der Waals surface area contributed by atoms with E-state index < -0.39 is 0 Å². The standard InChI is InChI=1S/C14H16Br2N2O/c15-10-3-4-11(12(16)6-10)14(19)18-5-1-2-9-7-17-8-13(9)18/h3-4,6,9,13,17H,1-2,5,7-8H2. The number of fused-ring (bicyclic) bond motifs is 1. The van der Waals surface area contributed by atoms with E-state index in [2.05, 4.69) is 42.1 Å². The Morgan fingerprint density at radius 2 is 2.16 bits per heavy atom. The maximum Gasteiger partial charge on any atom is 0.255 e. The van der Waals surface area contributed by atoms with Gasteiger partial charge in [0.1, 0.15) is 0 Å². The van der Waals surface area contributed by atoms with Crippen molar-refractivity contribution in [3.05, 3.63) is 32.7 Å². The number of hydrogen-bond donors (Lipinski definition) is 1. The molecule has 0 spiro atoms. The van der Waals surface area contributed by atoms with Gasteiger partial charge in [0.15, 0.2) is 0 Å². The van der Waals surface area contributed by atoms with E-state index in [1.807, 2.05) is 18.2 Å². The molecule has 1 aromatic rings. The maximum absolute atomic E-state index is 12.7.